The SMILES string of the molecule is BrCCCCCCC1(CCCCCCC2(CCCCCCBr)c3cc(Br)ccc3-c3ccc(Br)cc32)c2cc(Br)ccc2-c2ccc(Br)cc21. The summed E-state index contributed by atoms with van der Waals surface area (Å²) in [5.74, 6) is 0. The van der Waals surface area contributed by atoms with Crippen LogP contribution in [0.4, 0.5) is 0 Å². The molecule has 0 unspecified atom stereocenters. The van der Waals surface area contributed by atoms with Crippen LogP contribution in [-0.2, 0) is 10.8 Å². The lowest BCUT2D eigenvalue weighted by Gasteiger charge is -2.34. The number of hydrogen-bond donors (Lipinski definition) is 0. The van der Waals surface area contributed by atoms with Gasteiger partial charge in [-0.15, -0.1) is 0 Å². The molecule has 6 heteroatoms. The van der Waals surface area contributed by atoms with Crippen molar-refractivity contribution in [3.05, 3.63) is 113 Å². The van der Waals surface area contributed by atoms with Crippen LogP contribution in [0.3, 0.4) is 0 Å². The smallest absolute Gasteiger partial charge is 0.0216 e. The molecule has 0 heterocycles. The van der Waals surface area contributed by atoms with E-state index in [4.69, 9.17) is 0 Å². The standard InChI is InChI=1S/C44H48Br6/c45-25-11-5-3-9-23-43(39-27-31(47)13-17-35(39)36-18-14-32(48)28-40(36)43)21-7-1-2-8-22-44(24-10-4-6-12-26-46)41-29-33(49)15-19-37(41)38-20-16-34(50)30-42(38)44/h13-20,27-30H,1-12,21-26H2. The second kappa shape index (κ2) is 18.4. The fraction of sp³-hybridized carbons (Fsp3) is 0.455. The number of alkyl halides is 2. The summed E-state index contributed by atoms with van der Waals surface area (Å²) in [5.41, 5.74) is 12.0. The van der Waals surface area contributed by atoms with Gasteiger partial charge in [-0.05, 0) is 132 Å². The highest BCUT2D eigenvalue weighted by Crippen LogP contribution is 2.57. The molecular weight excluding hydrogens is 1010 g/mol. The second-order valence-electron chi connectivity index (χ2n) is 14.5. The van der Waals surface area contributed by atoms with Crippen LogP contribution in [0.1, 0.15) is 125 Å². The minimum Gasteiger partial charge on any atom is -0.0928 e. The molecule has 0 atom stereocenters. The van der Waals surface area contributed by atoms with Gasteiger partial charge in [0.25, 0.3) is 0 Å². The van der Waals surface area contributed by atoms with Crippen LogP contribution in [0.25, 0.3) is 22.3 Å². The van der Waals surface area contributed by atoms with E-state index in [-0.39, 0.29) is 10.8 Å². The van der Waals surface area contributed by atoms with Crippen molar-refractivity contribution < 1.29 is 0 Å². The molecule has 2 aliphatic carbocycles. The van der Waals surface area contributed by atoms with Crippen molar-refractivity contribution in [1.82, 2.24) is 0 Å². The average molecular weight is 1060 g/mol. The van der Waals surface area contributed by atoms with Crippen LogP contribution in [0.15, 0.2) is 90.7 Å². The Morgan fingerprint density at radius 1 is 0.320 bits per heavy atom. The van der Waals surface area contributed by atoms with E-state index in [1.165, 1.54) is 165 Å². The van der Waals surface area contributed by atoms with Gasteiger partial charge in [-0.1, -0.05) is 184 Å². The summed E-state index contributed by atoms with van der Waals surface area (Å²) in [6, 6.07) is 28.1. The summed E-state index contributed by atoms with van der Waals surface area (Å²) in [6.45, 7) is 0. The molecule has 50 heavy (non-hydrogen) atoms. The third kappa shape index (κ3) is 8.51. The molecule has 0 nitrogen and oxygen atoms in total. The van der Waals surface area contributed by atoms with Gasteiger partial charge >= 0.3 is 0 Å². The van der Waals surface area contributed by atoms with E-state index in [2.05, 4.69) is 168 Å². The summed E-state index contributed by atoms with van der Waals surface area (Å²) in [5, 5.41) is 2.21. The lowest BCUT2D eigenvalue weighted by molar-refractivity contribution is 0.381. The second-order valence-corrected chi connectivity index (χ2v) is 19.8. The zero-order chi connectivity index (χ0) is 35.1. The molecule has 0 aliphatic heterocycles. The molecule has 0 bridgehead atoms. The van der Waals surface area contributed by atoms with Crippen molar-refractivity contribution in [3.8, 4) is 22.3 Å². The zero-order valence-corrected chi connectivity index (χ0v) is 38.4. The molecule has 4 aromatic carbocycles. The van der Waals surface area contributed by atoms with Gasteiger partial charge in [0.2, 0.25) is 0 Å². The Labute approximate surface area is 351 Å². The first-order valence-electron chi connectivity index (χ1n) is 18.7. The van der Waals surface area contributed by atoms with E-state index in [1.807, 2.05) is 0 Å². The van der Waals surface area contributed by atoms with Gasteiger partial charge in [-0.2, -0.15) is 0 Å². The highest BCUT2D eigenvalue weighted by Gasteiger charge is 2.44. The fourth-order valence-electron chi connectivity index (χ4n) is 9.16. The Morgan fingerprint density at radius 3 is 0.800 bits per heavy atom. The fourth-order valence-corrected chi connectivity index (χ4v) is 11.4. The van der Waals surface area contributed by atoms with Gasteiger partial charge < -0.3 is 0 Å². The predicted octanol–water partition coefficient (Wildman–Crippen LogP) is 17.0. The summed E-state index contributed by atoms with van der Waals surface area (Å²) in [6.07, 6.45) is 20.2. The Bertz CT molecular complexity index is 1530. The molecule has 6 rings (SSSR count). The Kier molecular flexibility index (Phi) is 14.5. The molecule has 0 aromatic heterocycles. The van der Waals surface area contributed by atoms with Gasteiger partial charge in [0, 0.05) is 39.4 Å². The van der Waals surface area contributed by atoms with Crippen LogP contribution in [0, 0.1) is 0 Å². The predicted molar refractivity (Wildman–Crippen MR) is 238 cm³/mol. The van der Waals surface area contributed by atoms with E-state index in [9.17, 15) is 0 Å². The molecule has 0 saturated heterocycles. The van der Waals surface area contributed by atoms with Gasteiger partial charge in [0.15, 0.2) is 0 Å². The molecule has 0 spiro atoms. The van der Waals surface area contributed by atoms with Crippen molar-refractivity contribution in [2.24, 2.45) is 0 Å². The first kappa shape index (κ1) is 39.5. The number of hydrogen-bond acceptors (Lipinski definition) is 0. The van der Waals surface area contributed by atoms with E-state index in [0.717, 1.165) is 10.7 Å². The van der Waals surface area contributed by atoms with Gasteiger partial charge in [-0.3, -0.25) is 0 Å². The lowest BCUT2D eigenvalue weighted by Crippen LogP contribution is -2.26. The molecule has 266 valence electrons. The minimum absolute atomic E-state index is 0.0743. The maximum absolute atomic E-state index is 3.86. The van der Waals surface area contributed by atoms with Crippen LogP contribution >= 0.6 is 95.6 Å². The highest BCUT2D eigenvalue weighted by atomic mass is 79.9. The normalized spacial score (nSPS) is 14.8. The molecule has 0 amide bonds. The molecule has 0 N–H and O–H groups in total. The van der Waals surface area contributed by atoms with Gasteiger partial charge in [0.05, 0.1) is 0 Å². The average Bonchev–Trinajstić information content (AvgIpc) is 3.51. The van der Waals surface area contributed by atoms with Crippen LogP contribution in [0.5, 0.6) is 0 Å². The van der Waals surface area contributed by atoms with Crippen molar-refractivity contribution in [1.29, 1.82) is 0 Å². The van der Waals surface area contributed by atoms with Gasteiger partial charge in [0.1, 0.15) is 0 Å². The molecule has 4 aromatic rings. The van der Waals surface area contributed by atoms with Crippen molar-refractivity contribution >= 4 is 95.6 Å². The Morgan fingerprint density at radius 2 is 0.560 bits per heavy atom. The van der Waals surface area contributed by atoms with Crippen molar-refractivity contribution in [2.45, 2.75) is 114 Å². The first-order chi connectivity index (χ1) is 24.3. The maximum atomic E-state index is 3.86. The molecule has 0 radical (unpaired) electrons. The number of rotatable bonds is 19. The monoisotopic (exact) mass is 1050 g/mol. The summed E-state index contributed by atoms with van der Waals surface area (Å²) < 4.78 is 4.78. The molecule has 0 saturated carbocycles. The van der Waals surface area contributed by atoms with Crippen molar-refractivity contribution in [2.75, 3.05) is 10.7 Å². The molecular formula is C44H48Br6. The number of fused-ring (bicyclic) bond motifs is 6. The van der Waals surface area contributed by atoms with Gasteiger partial charge in [-0.25, -0.2) is 0 Å². The lowest BCUT2D eigenvalue weighted by atomic mass is 9.70. The third-order valence-corrected chi connectivity index (χ3v) is 14.6. The summed E-state index contributed by atoms with van der Waals surface area (Å²) >= 11 is 22.7. The van der Waals surface area contributed by atoms with E-state index in [1.54, 1.807) is 0 Å². The quantitative estimate of drug-likeness (QED) is 0.0648. The minimum atomic E-state index is 0.0743. The highest BCUT2D eigenvalue weighted by molar-refractivity contribution is 9.11. The number of halogens is 6. The largest absolute Gasteiger partial charge is 0.0928 e. The first-order valence-corrected chi connectivity index (χ1v) is 24.1. The summed E-state index contributed by atoms with van der Waals surface area (Å²) in [4.78, 5) is 0. The third-order valence-electron chi connectivity index (χ3n) is 11.5. The van der Waals surface area contributed by atoms with Crippen molar-refractivity contribution in [3.63, 3.8) is 0 Å². The van der Waals surface area contributed by atoms with E-state index in [0.29, 0.717) is 0 Å². The molecule has 0 fully saturated rings. The number of benzene rings is 4. The maximum Gasteiger partial charge on any atom is 0.0216 e. The Hall–Kier alpha value is -0.240. The van der Waals surface area contributed by atoms with Crippen LogP contribution < -0.4 is 0 Å². The van der Waals surface area contributed by atoms with Crippen LogP contribution in [-0.4, -0.2) is 10.7 Å². The Balaban J connectivity index is 1.20. The molecule has 2 aliphatic rings. The van der Waals surface area contributed by atoms with E-state index >= 15 is 0 Å². The van der Waals surface area contributed by atoms with Crippen LogP contribution in [0.2, 0.25) is 0 Å². The zero-order valence-electron chi connectivity index (χ0n) is 28.9. The van der Waals surface area contributed by atoms with E-state index < -0.39 is 0 Å². The number of unbranched alkanes of at least 4 members (excludes halogenated alkanes) is 9. The summed E-state index contributed by atoms with van der Waals surface area (Å²) in [7, 11) is 0. The topological polar surface area (TPSA) is 0 Å².